The van der Waals surface area contributed by atoms with Crippen molar-refractivity contribution in [2.45, 2.75) is 51.5 Å². The van der Waals surface area contributed by atoms with E-state index in [1.807, 2.05) is 6.92 Å². The minimum Gasteiger partial charge on any atom is -0.469 e. The van der Waals surface area contributed by atoms with Gasteiger partial charge in [-0.25, -0.2) is 8.42 Å². The van der Waals surface area contributed by atoms with Gasteiger partial charge in [-0.05, 0) is 26.2 Å². The van der Waals surface area contributed by atoms with Gasteiger partial charge in [-0.3, -0.25) is 9.79 Å². The van der Waals surface area contributed by atoms with Crippen LogP contribution in [0.2, 0.25) is 0 Å². The van der Waals surface area contributed by atoms with Gasteiger partial charge in [0.2, 0.25) is 0 Å². The second kappa shape index (κ2) is 10.5. The van der Waals surface area contributed by atoms with Gasteiger partial charge in [0.05, 0.1) is 18.6 Å². The number of carbonyl (C=O) groups excluding carboxylic acids is 1. The van der Waals surface area contributed by atoms with E-state index in [1.54, 1.807) is 0 Å². The quantitative estimate of drug-likeness (QED) is 0.278. The van der Waals surface area contributed by atoms with E-state index in [0.29, 0.717) is 25.3 Å². The first-order chi connectivity index (χ1) is 11.0. The van der Waals surface area contributed by atoms with E-state index in [0.717, 1.165) is 32.2 Å². The molecule has 0 bridgehead atoms. The number of nitrogens with zero attached hydrogens (tertiary/aromatic N) is 1. The molecule has 0 aromatic rings. The molecule has 0 radical (unpaired) electrons. The molecule has 0 aliphatic carbocycles. The van der Waals surface area contributed by atoms with E-state index in [4.69, 9.17) is 0 Å². The number of ether oxygens (including phenoxy) is 1. The predicted molar refractivity (Wildman–Crippen MR) is 91.3 cm³/mol. The Morgan fingerprint density at radius 1 is 1.26 bits per heavy atom. The minimum absolute atomic E-state index is 0.0437. The highest BCUT2D eigenvalue weighted by molar-refractivity contribution is 7.91. The Bertz CT molecular complexity index is 491. The molecule has 0 amide bonds. The zero-order valence-electron chi connectivity index (χ0n) is 14.1. The van der Waals surface area contributed by atoms with Crippen molar-refractivity contribution < 1.29 is 17.9 Å². The highest BCUT2D eigenvalue weighted by Crippen LogP contribution is 2.11. The summed E-state index contributed by atoms with van der Waals surface area (Å²) in [7, 11) is -1.48. The second-order valence-electron chi connectivity index (χ2n) is 5.75. The van der Waals surface area contributed by atoms with Crippen LogP contribution < -0.4 is 10.6 Å². The maximum Gasteiger partial charge on any atom is 0.305 e. The number of hydrogen-bond acceptors (Lipinski definition) is 5. The molecule has 7 nitrogen and oxygen atoms in total. The van der Waals surface area contributed by atoms with Crippen LogP contribution in [-0.4, -0.2) is 58.1 Å². The van der Waals surface area contributed by atoms with Gasteiger partial charge in [0.1, 0.15) is 0 Å². The maximum absolute atomic E-state index is 11.5. The van der Waals surface area contributed by atoms with Crippen LogP contribution in [0.25, 0.3) is 0 Å². The molecule has 1 rings (SSSR count). The summed E-state index contributed by atoms with van der Waals surface area (Å²) in [5.74, 6) is 0.965. The van der Waals surface area contributed by atoms with Crippen LogP contribution in [0.4, 0.5) is 0 Å². The number of guanidine groups is 1. The zero-order chi connectivity index (χ0) is 17.1. The topological polar surface area (TPSA) is 96.9 Å². The van der Waals surface area contributed by atoms with Gasteiger partial charge in [0, 0.05) is 25.6 Å². The lowest BCUT2D eigenvalue weighted by Gasteiger charge is -2.15. The van der Waals surface area contributed by atoms with Crippen molar-refractivity contribution in [1.29, 1.82) is 0 Å². The number of nitrogens with one attached hydrogen (secondary N) is 2. The zero-order valence-corrected chi connectivity index (χ0v) is 15.0. The van der Waals surface area contributed by atoms with Crippen molar-refractivity contribution in [3.05, 3.63) is 0 Å². The third-order valence-electron chi connectivity index (χ3n) is 3.70. The first-order valence-electron chi connectivity index (χ1n) is 8.29. The van der Waals surface area contributed by atoms with Crippen LogP contribution in [0.3, 0.4) is 0 Å². The highest BCUT2D eigenvalue weighted by Gasteiger charge is 2.28. The Morgan fingerprint density at radius 2 is 2.00 bits per heavy atom. The molecule has 134 valence electrons. The minimum atomic E-state index is -2.88. The van der Waals surface area contributed by atoms with Gasteiger partial charge in [0.15, 0.2) is 15.8 Å². The molecular formula is C15H29N3O4S. The van der Waals surface area contributed by atoms with Crippen molar-refractivity contribution in [3.8, 4) is 0 Å². The van der Waals surface area contributed by atoms with Gasteiger partial charge < -0.3 is 15.4 Å². The normalized spacial score (nSPS) is 20.3. The predicted octanol–water partition coefficient (Wildman–Crippen LogP) is 0.852. The molecule has 2 N–H and O–H groups in total. The molecule has 1 atom stereocenters. The van der Waals surface area contributed by atoms with E-state index >= 15 is 0 Å². The summed E-state index contributed by atoms with van der Waals surface area (Å²) in [5, 5.41) is 6.34. The third kappa shape index (κ3) is 8.78. The number of rotatable bonds is 9. The highest BCUT2D eigenvalue weighted by atomic mass is 32.2. The molecule has 1 fully saturated rings. The lowest BCUT2D eigenvalue weighted by molar-refractivity contribution is -0.140. The largest absolute Gasteiger partial charge is 0.469 e. The third-order valence-corrected chi connectivity index (χ3v) is 5.47. The molecule has 23 heavy (non-hydrogen) atoms. The van der Waals surface area contributed by atoms with E-state index in [1.165, 1.54) is 7.11 Å². The summed E-state index contributed by atoms with van der Waals surface area (Å²) in [6, 6.07) is -0.0437. The van der Waals surface area contributed by atoms with Gasteiger partial charge in [-0.2, -0.15) is 0 Å². The fourth-order valence-corrected chi connectivity index (χ4v) is 4.12. The Hall–Kier alpha value is -1.31. The maximum atomic E-state index is 11.5. The van der Waals surface area contributed by atoms with Crippen molar-refractivity contribution in [3.63, 3.8) is 0 Å². The number of methoxy groups -OCH3 is 1. The molecule has 0 saturated carbocycles. The molecule has 1 heterocycles. The smallest absolute Gasteiger partial charge is 0.305 e. The summed E-state index contributed by atoms with van der Waals surface area (Å²) in [4.78, 5) is 15.5. The van der Waals surface area contributed by atoms with E-state index < -0.39 is 9.84 Å². The van der Waals surface area contributed by atoms with Gasteiger partial charge >= 0.3 is 5.97 Å². The first-order valence-corrected chi connectivity index (χ1v) is 10.1. The van der Waals surface area contributed by atoms with E-state index in [2.05, 4.69) is 20.4 Å². The molecule has 1 aliphatic heterocycles. The first kappa shape index (κ1) is 19.7. The Kier molecular flexibility index (Phi) is 8.98. The fourth-order valence-electron chi connectivity index (χ4n) is 2.45. The number of unbranched alkanes of at least 4 members (excludes halogenated alkanes) is 3. The fraction of sp³-hybridized carbons (Fsp3) is 0.867. The molecule has 8 heteroatoms. The molecule has 1 saturated heterocycles. The van der Waals surface area contributed by atoms with Gasteiger partial charge in [0.25, 0.3) is 0 Å². The van der Waals surface area contributed by atoms with Crippen molar-refractivity contribution >= 4 is 21.8 Å². The number of carbonyl (C=O) groups is 1. The number of hydrogen-bond donors (Lipinski definition) is 2. The Balaban J connectivity index is 2.23. The molecule has 0 aromatic carbocycles. The lowest BCUT2D eigenvalue weighted by atomic mass is 10.1. The monoisotopic (exact) mass is 347 g/mol. The average Bonchev–Trinajstić information content (AvgIpc) is 2.84. The lowest BCUT2D eigenvalue weighted by Crippen LogP contribution is -2.44. The molecule has 1 aliphatic rings. The number of esters is 1. The standard InChI is InChI=1S/C15H29N3O4S/c1-3-16-15(18-13-9-11-23(20,21)12-13)17-10-7-5-4-6-8-14(19)22-2/h13H,3-12H2,1-2H3,(H2,16,17,18). The summed E-state index contributed by atoms with van der Waals surface area (Å²) in [5.41, 5.74) is 0. The van der Waals surface area contributed by atoms with Crippen molar-refractivity contribution in [2.24, 2.45) is 4.99 Å². The van der Waals surface area contributed by atoms with Crippen LogP contribution in [-0.2, 0) is 19.4 Å². The van der Waals surface area contributed by atoms with Gasteiger partial charge in [-0.15, -0.1) is 0 Å². The van der Waals surface area contributed by atoms with Crippen LogP contribution >= 0.6 is 0 Å². The molecular weight excluding hydrogens is 318 g/mol. The van der Waals surface area contributed by atoms with E-state index in [-0.39, 0.29) is 23.5 Å². The molecule has 1 unspecified atom stereocenters. The Labute approximate surface area is 139 Å². The SMILES string of the molecule is CCNC(=NCCCCCCC(=O)OC)NC1CCS(=O)(=O)C1. The van der Waals surface area contributed by atoms with Crippen molar-refractivity contribution in [2.75, 3.05) is 31.7 Å². The summed E-state index contributed by atoms with van der Waals surface area (Å²) in [6.45, 7) is 3.41. The van der Waals surface area contributed by atoms with Crippen LogP contribution in [0.1, 0.15) is 45.4 Å². The van der Waals surface area contributed by atoms with Gasteiger partial charge in [-0.1, -0.05) is 12.8 Å². The average molecular weight is 347 g/mol. The van der Waals surface area contributed by atoms with E-state index in [9.17, 15) is 13.2 Å². The van der Waals surface area contributed by atoms with Crippen LogP contribution in [0, 0.1) is 0 Å². The summed E-state index contributed by atoms with van der Waals surface area (Å²) >= 11 is 0. The second-order valence-corrected chi connectivity index (χ2v) is 7.97. The summed E-state index contributed by atoms with van der Waals surface area (Å²) < 4.78 is 27.5. The number of aliphatic imine (C=N–C) groups is 1. The van der Waals surface area contributed by atoms with Crippen molar-refractivity contribution in [1.82, 2.24) is 10.6 Å². The number of sulfone groups is 1. The van der Waals surface area contributed by atoms with Crippen LogP contribution in [0.5, 0.6) is 0 Å². The Morgan fingerprint density at radius 3 is 2.61 bits per heavy atom. The molecule has 0 aromatic heterocycles. The summed E-state index contributed by atoms with van der Waals surface area (Å²) in [6.07, 6.45) is 4.89. The van der Waals surface area contributed by atoms with Crippen LogP contribution in [0.15, 0.2) is 4.99 Å². The molecule has 0 spiro atoms.